The number of likely N-dealkylation sites (tertiary alicyclic amines) is 1. The third kappa shape index (κ3) is 6.03. The Morgan fingerprint density at radius 1 is 0.974 bits per heavy atom. The van der Waals surface area contributed by atoms with Gasteiger partial charge >= 0.3 is 0 Å². The first-order valence-electron chi connectivity index (χ1n) is 12.6. The summed E-state index contributed by atoms with van der Waals surface area (Å²) in [6.45, 7) is 2.27. The van der Waals surface area contributed by atoms with E-state index in [0.717, 1.165) is 64.7 Å². The highest BCUT2D eigenvalue weighted by molar-refractivity contribution is 7.19. The molecular weight excluding hydrogens is 501 g/mol. The van der Waals surface area contributed by atoms with Crippen molar-refractivity contribution in [2.75, 3.05) is 32.6 Å². The minimum atomic E-state index is -0.219. The third-order valence-corrected chi connectivity index (χ3v) is 7.85. The first-order valence-corrected chi connectivity index (χ1v) is 13.4. The number of methoxy groups -OCH3 is 2. The molecule has 0 spiro atoms. The number of ether oxygens (including phenoxy) is 2. The summed E-state index contributed by atoms with van der Waals surface area (Å²) in [4.78, 5) is 21.3. The van der Waals surface area contributed by atoms with Gasteiger partial charge in [0.2, 0.25) is 5.91 Å². The minimum absolute atomic E-state index is 0.00767. The summed E-state index contributed by atoms with van der Waals surface area (Å²) < 4.78 is 24.1. The number of hydrogen-bond donors (Lipinski definition) is 1. The number of carbonyl (C=O) groups excluding carboxylic acids is 1. The third-order valence-electron chi connectivity index (χ3n) is 6.83. The van der Waals surface area contributed by atoms with E-state index in [1.165, 1.54) is 17.4 Å². The summed E-state index contributed by atoms with van der Waals surface area (Å²) >= 11 is 1.47. The van der Waals surface area contributed by atoms with Gasteiger partial charge in [0.25, 0.3) is 0 Å². The van der Waals surface area contributed by atoms with Gasteiger partial charge in [-0.2, -0.15) is 0 Å². The standard InChI is InChI=1S/C30H30FN3O3S/c1-36-25-10-6-21(7-11-25)27-28(22-8-12-26(37-2)13-9-22)38-30(32-27)33-29(35)23-14-16-34(17-15-23)19-20-4-3-5-24(31)18-20/h3-13,18,23H,14-17,19H2,1-2H3,(H,32,33,35). The fraction of sp³-hybridized carbons (Fsp3) is 0.267. The lowest BCUT2D eigenvalue weighted by Crippen LogP contribution is -2.37. The van der Waals surface area contributed by atoms with E-state index in [4.69, 9.17) is 14.5 Å². The van der Waals surface area contributed by atoms with Crippen molar-refractivity contribution in [2.45, 2.75) is 19.4 Å². The van der Waals surface area contributed by atoms with Gasteiger partial charge in [0.15, 0.2) is 5.13 Å². The molecule has 2 heterocycles. The van der Waals surface area contributed by atoms with Gasteiger partial charge in [-0.25, -0.2) is 9.37 Å². The summed E-state index contributed by atoms with van der Waals surface area (Å²) in [5.74, 6) is 1.24. The summed E-state index contributed by atoms with van der Waals surface area (Å²) in [7, 11) is 3.28. The molecule has 5 rings (SSSR count). The van der Waals surface area contributed by atoms with Gasteiger partial charge in [0.1, 0.15) is 17.3 Å². The molecule has 1 amide bonds. The second kappa shape index (κ2) is 11.8. The Kier molecular flexibility index (Phi) is 8.00. The molecule has 6 nitrogen and oxygen atoms in total. The van der Waals surface area contributed by atoms with Crippen LogP contribution in [0, 0.1) is 11.7 Å². The SMILES string of the molecule is COc1ccc(-c2nc(NC(=O)C3CCN(Cc4cccc(F)c4)CC3)sc2-c2ccc(OC)cc2)cc1. The number of aromatic nitrogens is 1. The zero-order valence-corrected chi connectivity index (χ0v) is 22.3. The predicted octanol–water partition coefficient (Wildman–Crippen LogP) is 6.48. The Balaban J connectivity index is 1.30. The molecule has 0 radical (unpaired) electrons. The molecule has 196 valence electrons. The van der Waals surface area contributed by atoms with Crippen molar-refractivity contribution in [3.8, 4) is 33.2 Å². The molecule has 0 aliphatic carbocycles. The van der Waals surface area contributed by atoms with Crippen LogP contribution < -0.4 is 14.8 Å². The molecule has 3 aromatic carbocycles. The lowest BCUT2D eigenvalue weighted by atomic mass is 9.95. The number of piperidine rings is 1. The Bertz CT molecular complexity index is 1320. The number of nitrogens with one attached hydrogen (secondary N) is 1. The number of hydrogen-bond acceptors (Lipinski definition) is 6. The summed E-state index contributed by atoms with van der Waals surface area (Å²) in [6.07, 6.45) is 1.51. The molecule has 1 aliphatic heterocycles. The first-order chi connectivity index (χ1) is 18.5. The molecule has 0 bridgehead atoms. The molecule has 1 aliphatic rings. The molecule has 1 fully saturated rings. The minimum Gasteiger partial charge on any atom is -0.497 e. The lowest BCUT2D eigenvalue weighted by Gasteiger charge is -2.31. The van der Waals surface area contributed by atoms with Gasteiger partial charge in [-0.05, 0) is 97.7 Å². The van der Waals surface area contributed by atoms with Crippen LogP contribution in [0.2, 0.25) is 0 Å². The summed E-state index contributed by atoms with van der Waals surface area (Å²) in [6, 6.07) is 22.3. The summed E-state index contributed by atoms with van der Waals surface area (Å²) in [5, 5.41) is 3.66. The topological polar surface area (TPSA) is 63.7 Å². The average Bonchev–Trinajstić information content (AvgIpc) is 3.37. The van der Waals surface area contributed by atoms with Crippen molar-refractivity contribution in [3.63, 3.8) is 0 Å². The van der Waals surface area contributed by atoms with E-state index in [0.29, 0.717) is 11.7 Å². The van der Waals surface area contributed by atoms with Gasteiger partial charge in [-0.3, -0.25) is 9.69 Å². The molecular formula is C30H30FN3O3S. The van der Waals surface area contributed by atoms with E-state index < -0.39 is 0 Å². The van der Waals surface area contributed by atoms with Gasteiger partial charge in [0, 0.05) is 18.0 Å². The van der Waals surface area contributed by atoms with Crippen LogP contribution in [0.1, 0.15) is 18.4 Å². The maximum Gasteiger partial charge on any atom is 0.229 e. The zero-order chi connectivity index (χ0) is 26.5. The molecule has 0 unspecified atom stereocenters. The smallest absolute Gasteiger partial charge is 0.229 e. The second-order valence-corrected chi connectivity index (χ2v) is 10.3. The van der Waals surface area contributed by atoms with Crippen LogP contribution in [0.5, 0.6) is 11.5 Å². The highest BCUT2D eigenvalue weighted by Gasteiger charge is 2.26. The molecule has 38 heavy (non-hydrogen) atoms. The normalized spacial score (nSPS) is 14.3. The zero-order valence-electron chi connectivity index (χ0n) is 21.4. The second-order valence-electron chi connectivity index (χ2n) is 9.32. The van der Waals surface area contributed by atoms with Crippen LogP contribution in [-0.2, 0) is 11.3 Å². The van der Waals surface area contributed by atoms with Crippen LogP contribution in [0.4, 0.5) is 9.52 Å². The number of amides is 1. The first kappa shape index (κ1) is 25.9. The van der Waals surface area contributed by atoms with Crippen LogP contribution in [0.25, 0.3) is 21.7 Å². The monoisotopic (exact) mass is 531 g/mol. The van der Waals surface area contributed by atoms with Crippen molar-refractivity contribution < 1.29 is 18.7 Å². The number of benzene rings is 3. The molecule has 0 saturated carbocycles. The fourth-order valence-electron chi connectivity index (χ4n) is 4.71. The van der Waals surface area contributed by atoms with E-state index in [9.17, 15) is 9.18 Å². The Labute approximate surface area is 226 Å². The number of nitrogens with zero attached hydrogens (tertiary/aromatic N) is 2. The Morgan fingerprint density at radius 3 is 2.21 bits per heavy atom. The highest BCUT2D eigenvalue weighted by Crippen LogP contribution is 2.40. The molecule has 8 heteroatoms. The van der Waals surface area contributed by atoms with Gasteiger partial charge in [0.05, 0.1) is 24.8 Å². The van der Waals surface area contributed by atoms with Crippen LogP contribution in [0.15, 0.2) is 72.8 Å². The number of thiazole rings is 1. The molecule has 0 atom stereocenters. The number of carbonyl (C=O) groups is 1. The molecule has 4 aromatic rings. The number of halogens is 1. The van der Waals surface area contributed by atoms with Crippen molar-refractivity contribution in [3.05, 3.63) is 84.2 Å². The van der Waals surface area contributed by atoms with Crippen LogP contribution in [-0.4, -0.2) is 43.1 Å². The van der Waals surface area contributed by atoms with Crippen molar-refractivity contribution in [1.82, 2.24) is 9.88 Å². The quantitative estimate of drug-likeness (QED) is 0.282. The predicted molar refractivity (Wildman–Crippen MR) is 149 cm³/mol. The van der Waals surface area contributed by atoms with Crippen molar-refractivity contribution in [1.29, 1.82) is 0 Å². The highest BCUT2D eigenvalue weighted by atomic mass is 32.1. The van der Waals surface area contributed by atoms with E-state index in [2.05, 4.69) is 10.2 Å². The fourth-order valence-corrected chi connectivity index (χ4v) is 5.71. The molecule has 1 aromatic heterocycles. The number of anilines is 1. The van der Waals surface area contributed by atoms with Gasteiger partial charge in [-0.1, -0.05) is 23.5 Å². The maximum absolute atomic E-state index is 13.5. The maximum atomic E-state index is 13.5. The number of rotatable bonds is 8. The van der Waals surface area contributed by atoms with E-state index in [-0.39, 0.29) is 17.6 Å². The lowest BCUT2D eigenvalue weighted by molar-refractivity contribution is -0.121. The van der Waals surface area contributed by atoms with Crippen molar-refractivity contribution in [2.24, 2.45) is 5.92 Å². The van der Waals surface area contributed by atoms with Gasteiger partial charge < -0.3 is 14.8 Å². The van der Waals surface area contributed by atoms with Crippen LogP contribution >= 0.6 is 11.3 Å². The van der Waals surface area contributed by atoms with E-state index in [1.54, 1.807) is 26.4 Å². The van der Waals surface area contributed by atoms with Crippen molar-refractivity contribution >= 4 is 22.4 Å². The molecule has 1 N–H and O–H groups in total. The average molecular weight is 532 g/mol. The van der Waals surface area contributed by atoms with Gasteiger partial charge in [-0.15, -0.1) is 0 Å². The van der Waals surface area contributed by atoms with E-state index in [1.807, 2.05) is 54.6 Å². The Morgan fingerprint density at radius 2 is 1.61 bits per heavy atom. The van der Waals surface area contributed by atoms with Crippen LogP contribution in [0.3, 0.4) is 0 Å². The summed E-state index contributed by atoms with van der Waals surface area (Å²) in [5.41, 5.74) is 3.70. The molecule has 1 saturated heterocycles. The Hall–Kier alpha value is -3.75. The largest absolute Gasteiger partial charge is 0.497 e. The van der Waals surface area contributed by atoms with E-state index >= 15 is 0 Å².